The lowest BCUT2D eigenvalue weighted by Crippen LogP contribution is -2.49. The molecular weight excluding hydrogens is 254 g/mol. The first-order chi connectivity index (χ1) is 9.05. The second-order valence-corrected chi connectivity index (χ2v) is 7.53. The molecule has 3 unspecified atom stereocenters. The van der Waals surface area contributed by atoms with Crippen LogP contribution in [0.5, 0.6) is 0 Å². The van der Waals surface area contributed by atoms with Gasteiger partial charge in [0.15, 0.2) is 0 Å². The van der Waals surface area contributed by atoms with Crippen LogP contribution in [0.25, 0.3) is 0 Å². The third-order valence-corrected chi connectivity index (χ3v) is 4.65. The van der Waals surface area contributed by atoms with Crippen LogP contribution >= 0.6 is 0 Å². The summed E-state index contributed by atoms with van der Waals surface area (Å²) in [7, 11) is 0. The summed E-state index contributed by atoms with van der Waals surface area (Å²) in [5.74, 6) is 0.151. The Morgan fingerprint density at radius 2 is 1.85 bits per heavy atom. The van der Waals surface area contributed by atoms with Crippen LogP contribution in [0.15, 0.2) is 0 Å². The highest BCUT2D eigenvalue weighted by atomic mass is 16.6. The van der Waals surface area contributed by atoms with E-state index < -0.39 is 0 Å². The van der Waals surface area contributed by atoms with Crippen molar-refractivity contribution in [3.05, 3.63) is 0 Å². The van der Waals surface area contributed by atoms with E-state index in [0.717, 1.165) is 12.8 Å². The van der Waals surface area contributed by atoms with Crippen molar-refractivity contribution in [2.75, 3.05) is 13.2 Å². The SMILES string of the molecule is CC1C(N)CCC(C(=O)OCCOC(C)(C)C)C1(C)C. The van der Waals surface area contributed by atoms with Gasteiger partial charge in [0.1, 0.15) is 6.61 Å². The lowest BCUT2D eigenvalue weighted by Gasteiger charge is -2.45. The maximum atomic E-state index is 12.3. The molecule has 1 saturated carbocycles. The predicted octanol–water partition coefficient (Wildman–Crippen LogP) is 2.74. The van der Waals surface area contributed by atoms with Gasteiger partial charge in [-0.1, -0.05) is 20.8 Å². The topological polar surface area (TPSA) is 61.6 Å². The minimum atomic E-state index is -0.197. The molecule has 1 rings (SSSR count). The first kappa shape index (κ1) is 17.4. The van der Waals surface area contributed by atoms with E-state index in [1.165, 1.54) is 0 Å². The Kier molecular flexibility index (Phi) is 5.61. The quantitative estimate of drug-likeness (QED) is 0.637. The maximum Gasteiger partial charge on any atom is 0.309 e. The Morgan fingerprint density at radius 3 is 2.40 bits per heavy atom. The molecule has 0 aliphatic heterocycles. The predicted molar refractivity (Wildman–Crippen MR) is 80.3 cm³/mol. The third-order valence-electron chi connectivity index (χ3n) is 4.65. The largest absolute Gasteiger partial charge is 0.463 e. The van der Waals surface area contributed by atoms with Crippen LogP contribution in [0.1, 0.15) is 54.4 Å². The van der Waals surface area contributed by atoms with Gasteiger partial charge >= 0.3 is 5.97 Å². The van der Waals surface area contributed by atoms with Gasteiger partial charge < -0.3 is 15.2 Å². The molecule has 0 aromatic heterocycles. The molecule has 3 atom stereocenters. The van der Waals surface area contributed by atoms with Crippen LogP contribution in [-0.2, 0) is 14.3 Å². The number of nitrogens with two attached hydrogens (primary N) is 1. The molecule has 4 nitrogen and oxygen atoms in total. The molecule has 2 N–H and O–H groups in total. The summed E-state index contributed by atoms with van der Waals surface area (Å²) in [6, 6.07) is 0.179. The van der Waals surface area contributed by atoms with Gasteiger partial charge in [-0.25, -0.2) is 0 Å². The maximum absolute atomic E-state index is 12.3. The summed E-state index contributed by atoms with van der Waals surface area (Å²) in [6.45, 7) is 13.1. The van der Waals surface area contributed by atoms with Crippen molar-refractivity contribution in [3.8, 4) is 0 Å². The minimum Gasteiger partial charge on any atom is -0.463 e. The zero-order valence-corrected chi connectivity index (χ0v) is 13.9. The Hall–Kier alpha value is -0.610. The van der Waals surface area contributed by atoms with Gasteiger partial charge in [-0.3, -0.25) is 4.79 Å². The number of carbonyl (C=O) groups is 1. The van der Waals surface area contributed by atoms with Crippen molar-refractivity contribution in [1.29, 1.82) is 0 Å². The van der Waals surface area contributed by atoms with E-state index in [1.54, 1.807) is 0 Å². The Morgan fingerprint density at radius 1 is 1.25 bits per heavy atom. The smallest absolute Gasteiger partial charge is 0.309 e. The molecule has 0 radical (unpaired) electrons. The van der Waals surface area contributed by atoms with Gasteiger partial charge in [-0.15, -0.1) is 0 Å². The number of esters is 1. The summed E-state index contributed by atoms with van der Waals surface area (Å²) in [6.07, 6.45) is 1.71. The Bertz CT molecular complexity index is 333. The number of ether oxygens (including phenoxy) is 2. The first-order valence-corrected chi connectivity index (χ1v) is 7.62. The summed E-state index contributed by atoms with van der Waals surface area (Å²) in [4.78, 5) is 12.3. The lowest BCUT2D eigenvalue weighted by molar-refractivity contribution is -0.160. The standard InChI is InChI=1S/C16H31NO3/c1-11-13(17)8-7-12(16(11,5)6)14(18)19-9-10-20-15(2,3)4/h11-13H,7-10,17H2,1-6H3. The molecule has 118 valence electrons. The van der Waals surface area contributed by atoms with Gasteiger partial charge in [-0.05, 0) is 44.9 Å². The lowest BCUT2D eigenvalue weighted by atomic mass is 9.61. The fourth-order valence-corrected chi connectivity index (χ4v) is 2.86. The number of hydrogen-bond donors (Lipinski definition) is 1. The van der Waals surface area contributed by atoms with E-state index in [1.807, 2.05) is 20.8 Å². The fourth-order valence-electron chi connectivity index (χ4n) is 2.86. The van der Waals surface area contributed by atoms with Gasteiger partial charge in [0.25, 0.3) is 0 Å². The molecule has 4 heteroatoms. The van der Waals surface area contributed by atoms with Crippen LogP contribution in [0, 0.1) is 17.3 Å². The molecule has 1 aliphatic rings. The summed E-state index contributed by atoms with van der Waals surface area (Å²) < 4.78 is 11.0. The van der Waals surface area contributed by atoms with Gasteiger partial charge in [0.05, 0.1) is 18.1 Å². The molecule has 0 amide bonds. The molecule has 20 heavy (non-hydrogen) atoms. The summed E-state index contributed by atoms with van der Waals surface area (Å²) in [5, 5.41) is 0. The van der Waals surface area contributed by atoms with Gasteiger partial charge in [0, 0.05) is 6.04 Å². The summed E-state index contributed by atoms with van der Waals surface area (Å²) in [5.41, 5.74) is 5.81. The Labute approximate surface area is 123 Å². The van der Waals surface area contributed by atoms with Crippen molar-refractivity contribution >= 4 is 5.97 Å². The van der Waals surface area contributed by atoms with Crippen molar-refractivity contribution < 1.29 is 14.3 Å². The molecule has 0 spiro atoms. The number of rotatable bonds is 4. The number of hydrogen-bond acceptors (Lipinski definition) is 4. The fraction of sp³-hybridized carbons (Fsp3) is 0.938. The molecular formula is C16H31NO3. The van der Waals surface area contributed by atoms with Crippen LogP contribution in [0.4, 0.5) is 0 Å². The van der Waals surface area contributed by atoms with Crippen molar-refractivity contribution in [3.63, 3.8) is 0 Å². The number of carbonyl (C=O) groups excluding carboxylic acids is 1. The molecule has 0 heterocycles. The zero-order valence-electron chi connectivity index (χ0n) is 13.9. The van der Waals surface area contributed by atoms with Gasteiger partial charge in [0.2, 0.25) is 0 Å². The second kappa shape index (κ2) is 6.44. The van der Waals surface area contributed by atoms with Crippen molar-refractivity contribution in [2.24, 2.45) is 23.0 Å². The van der Waals surface area contributed by atoms with Crippen LogP contribution in [0.2, 0.25) is 0 Å². The third kappa shape index (κ3) is 4.45. The summed E-state index contributed by atoms with van der Waals surface area (Å²) >= 11 is 0. The highest BCUT2D eigenvalue weighted by Crippen LogP contribution is 2.44. The minimum absolute atomic E-state index is 0.0630. The first-order valence-electron chi connectivity index (χ1n) is 7.62. The van der Waals surface area contributed by atoms with E-state index in [2.05, 4.69) is 20.8 Å². The Balaban J connectivity index is 2.47. The molecule has 0 bridgehead atoms. The highest BCUT2D eigenvalue weighted by molar-refractivity contribution is 5.73. The van der Waals surface area contributed by atoms with E-state index in [9.17, 15) is 4.79 Å². The average molecular weight is 285 g/mol. The van der Waals surface area contributed by atoms with Crippen molar-refractivity contribution in [1.82, 2.24) is 0 Å². The molecule has 1 fully saturated rings. The second-order valence-electron chi connectivity index (χ2n) is 7.53. The monoisotopic (exact) mass is 285 g/mol. The molecule has 0 aromatic rings. The average Bonchev–Trinajstić information content (AvgIpc) is 2.30. The van der Waals surface area contributed by atoms with Crippen molar-refractivity contribution in [2.45, 2.75) is 66.0 Å². The van der Waals surface area contributed by atoms with E-state index >= 15 is 0 Å². The highest BCUT2D eigenvalue weighted by Gasteiger charge is 2.45. The van der Waals surface area contributed by atoms with E-state index in [-0.39, 0.29) is 28.9 Å². The van der Waals surface area contributed by atoms with Crippen LogP contribution in [0.3, 0.4) is 0 Å². The molecule has 1 aliphatic carbocycles. The molecule has 0 aromatic carbocycles. The zero-order chi connectivity index (χ0) is 15.6. The molecule has 0 saturated heterocycles. The van der Waals surface area contributed by atoms with Crippen LogP contribution in [-0.4, -0.2) is 30.8 Å². The normalized spacial score (nSPS) is 30.1. The van der Waals surface area contributed by atoms with E-state index in [4.69, 9.17) is 15.2 Å². The van der Waals surface area contributed by atoms with E-state index in [0.29, 0.717) is 19.1 Å². The van der Waals surface area contributed by atoms with Crippen LogP contribution < -0.4 is 5.73 Å². The van der Waals surface area contributed by atoms with Gasteiger partial charge in [-0.2, -0.15) is 0 Å².